The second-order valence-electron chi connectivity index (χ2n) is 3.14. The van der Waals surface area contributed by atoms with Gasteiger partial charge in [-0.2, -0.15) is 0 Å². The Morgan fingerprint density at radius 3 is 2.92 bits per heavy atom. The van der Waals surface area contributed by atoms with Gasteiger partial charge in [-0.25, -0.2) is 0 Å². The van der Waals surface area contributed by atoms with E-state index < -0.39 is 6.10 Å². The molecule has 1 aromatic rings. The molecule has 0 saturated heterocycles. The number of aliphatic hydroxyl groups excluding tert-OH is 1. The van der Waals surface area contributed by atoms with Crippen LogP contribution in [0.1, 0.15) is 23.8 Å². The van der Waals surface area contributed by atoms with E-state index in [2.05, 4.69) is 0 Å². The molecule has 1 aliphatic rings. The summed E-state index contributed by atoms with van der Waals surface area (Å²) >= 11 is 0. The fourth-order valence-corrected chi connectivity index (χ4v) is 1.40. The number of rotatable bonds is 2. The molecule has 70 valence electrons. The fourth-order valence-electron chi connectivity index (χ4n) is 1.40. The molecule has 3 nitrogen and oxygen atoms in total. The molecular formula is C10H12O3. The molecule has 1 N–H and O–H groups in total. The molecule has 1 aliphatic heterocycles. The van der Waals surface area contributed by atoms with E-state index in [0.29, 0.717) is 12.4 Å². The highest BCUT2D eigenvalue weighted by Gasteiger charge is 2.19. The minimum Gasteiger partial charge on any atom is -0.495 e. The summed E-state index contributed by atoms with van der Waals surface area (Å²) in [5.41, 5.74) is 0.755. The van der Waals surface area contributed by atoms with Gasteiger partial charge in [0.2, 0.25) is 0 Å². The van der Waals surface area contributed by atoms with Crippen LogP contribution in [0, 0.1) is 6.92 Å². The third-order valence-corrected chi connectivity index (χ3v) is 2.07. The van der Waals surface area contributed by atoms with Crippen molar-refractivity contribution in [1.82, 2.24) is 0 Å². The summed E-state index contributed by atoms with van der Waals surface area (Å²) in [6.45, 7) is 2.52. The quantitative estimate of drug-likeness (QED) is 0.756. The maximum atomic E-state index is 9.78. The van der Waals surface area contributed by atoms with Crippen LogP contribution in [0.3, 0.4) is 0 Å². The zero-order valence-electron chi connectivity index (χ0n) is 7.49. The van der Waals surface area contributed by atoms with Gasteiger partial charge in [0.1, 0.15) is 17.6 Å². The van der Waals surface area contributed by atoms with Gasteiger partial charge >= 0.3 is 0 Å². The van der Waals surface area contributed by atoms with Crippen LogP contribution in [0.15, 0.2) is 28.6 Å². The Morgan fingerprint density at radius 1 is 1.54 bits per heavy atom. The average Bonchev–Trinajstić information content (AvgIpc) is 2.72. The molecule has 2 rings (SSSR count). The Labute approximate surface area is 76.6 Å². The number of aliphatic hydroxyl groups is 1. The first kappa shape index (κ1) is 8.38. The minimum absolute atomic E-state index is 0.640. The maximum absolute atomic E-state index is 9.78. The van der Waals surface area contributed by atoms with Crippen LogP contribution in [0.4, 0.5) is 0 Å². The molecule has 2 heterocycles. The van der Waals surface area contributed by atoms with Crippen molar-refractivity contribution in [2.75, 3.05) is 6.61 Å². The summed E-state index contributed by atoms with van der Waals surface area (Å²) in [7, 11) is 0. The molecule has 1 unspecified atom stereocenters. The number of ether oxygens (including phenoxy) is 1. The summed E-state index contributed by atoms with van der Waals surface area (Å²) in [5, 5.41) is 9.78. The predicted molar refractivity (Wildman–Crippen MR) is 47.1 cm³/mol. The second-order valence-corrected chi connectivity index (χ2v) is 3.14. The van der Waals surface area contributed by atoms with Crippen molar-refractivity contribution >= 4 is 0 Å². The molecule has 0 bridgehead atoms. The Bertz CT molecular complexity index is 325. The van der Waals surface area contributed by atoms with Crippen LogP contribution in [-0.2, 0) is 4.74 Å². The summed E-state index contributed by atoms with van der Waals surface area (Å²) in [5.74, 6) is 1.44. The van der Waals surface area contributed by atoms with Crippen LogP contribution in [0.5, 0.6) is 0 Å². The van der Waals surface area contributed by atoms with Crippen molar-refractivity contribution in [2.24, 2.45) is 0 Å². The van der Waals surface area contributed by atoms with Gasteiger partial charge in [-0.15, -0.1) is 0 Å². The number of aryl methyl sites for hydroxylation is 1. The van der Waals surface area contributed by atoms with Crippen LogP contribution in [0.25, 0.3) is 0 Å². The van der Waals surface area contributed by atoms with Crippen LogP contribution in [-0.4, -0.2) is 11.7 Å². The van der Waals surface area contributed by atoms with Gasteiger partial charge in [-0.1, -0.05) is 0 Å². The molecule has 3 heteroatoms. The molecule has 0 spiro atoms. The Morgan fingerprint density at radius 2 is 2.38 bits per heavy atom. The Kier molecular flexibility index (Phi) is 2.10. The monoisotopic (exact) mass is 180 g/mol. The molecule has 0 radical (unpaired) electrons. The first-order chi connectivity index (χ1) is 6.27. The third kappa shape index (κ3) is 1.60. The van der Waals surface area contributed by atoms with E-state index in [9.17, 15) is 5.11 Å². The molecular weight excluding hydrogens is 168 g/mol. The van der Waals surface area contributed by atoms with Crippen molar-refractivity contribution in [3.05, 3.63) is 35.5 Å². The number of furan rings is 1. The smallest absolute Gasteiger partial charge is 0.139 e. The summed E-state index contributed by atoms with van der Waals surface area (Å²) in [6.07, 6.45) is 3.68. The summed E-state index contributed by atoms with van der Waals surface area (Å²) < 4.78 is 10.4. The Hall–Kier alpha value is -1.22. The van der Waals surface area contributed by atoms with Crippen LogP contribution in [0.2, 0.25) is 0 Å². The molecule has 13 heavy (non-hydrogen) atoms. The van der Waals surface area contributed by atoms with E-state index in [-0.39, 0.29) is 0 Å². The lowest BCUT2D eigenvalue weighted by molar-refractivity contribution is 0.118. The van der Waals surface area contributed by atoms with Crippen molar-refractivity contribution in [3.63, 3.8) is 0 Å². The van der Waals surface area contributed by atoms with E-state index in [1.165, 1.54) is 0 Å². The van der Waals surface area contributed by atoms with Crippen molar-refractivity contribution in [3.8, 4) is 0 Å². The zero-order chi connectivity index (χ0) is 9.26. The van der Waals surface area contributed by atoms with E-state index in [4.69, 9.17) is 9.15 Å². The van der Waals surface area contributed by atoms with Gasteiger partial charge in [-0.3, -0.25) is 0 Å². The van der Waals surface area contributed by atoms with Crippen LogP contribution < -0.4 is 0 Å². The first-order valence-corrected chi connectivity index (χ1v) is 4.33. The van der Waals surface area contributed by atoms with Gasteiger partial charge in [0.15, 0.2) is 0 Å². The van der Waals surface area contributed by atoms with Gasteiger partial charge in [-0.05, 0) is 19.1 Å². The van der Waals surface area contributed by atoms with Crippen molar-refractivity contribution in [2.45, 2.75) is 19.4 Å². The first-order valence-electron chi connectivity index (χ1n) is 4.33. The van der Waals surface area contributed by atoms with Crippen molar-refractivity contribution in [1.29, 1.82) is 0 Å². The highest BCUT2D eigenvalue weighted by Crippen LogP contribution is 2.27. The normalized spacial score (nSPS) is 18.2. The fraction of sp³-hybridized carbons (Fsp3) is 0.400. The molecule has 1 atom stereocenters. The number of hydrogen-bond donors (Lipinski definition) is 1. The molecule has 0 fully saturated rings. The van der Waals surface area contributed by atoms with E-state index >= 15 is 0 Å². The van der Waals surface area contributed by atoms with Gasteiger partial charge < -0.3 is 14.3 Å². The van der Waals surface area contributed by atoms with Crippen LogP contribution >= 0.6 is 0 Å². The predicted octanol–water partition coefficient (Wildman–Crippen LogP) is 1.93. The lowest BCUT2D eigenvalue weighted by Crippen LogP contribution is -2.00. The number of hydrogen-bond acceptors (Lipinski definition) is 3. The summed E-state index contributed by atoms with van der Waals surface area (Å²) in [6, 6.07) is 1.81. The van der Waals surface area contributed by atoms with Crippen molar-refractivity contribution < 1.29 is 14.3 Å². The van der Waals surface area contributed by atoms with Gasteiger partial charge in [0, 0.05) is 12.0 Å². The second kappa shape index (κ2) is 3.26. The average molecular weight is 180 g/mol. The highest BCUT2D eigenvalue weighted by molar-refractivity contribution is 5.22. The molecule has 0 aromatic carbocycles. The third-order valence-electron chi connectivity index (χ3n) is 2.07. The van der Waals surface area contributed by atoms with E-state index in [1.54, 1.807) is 6.26 Å². The van der Waals surface area contributed by atoms with E-state index in [1.807, 2.05) is 19.1 Å². The van der Waals surface area contributed by atoms with Gasteiger partial charge in [0.25, 0.3) is 0 Å². The van der Waals surface area contributed by atoms with Gasteiger partial charge in [0.05, 0.1) is 12.9 Å². The molecule has 0 saturated carbocycles. The van der Waals surface area contributed by atoms with E-state index in [0.717, 1.165) is 17.7 Å². The SMILES string of the molecule is Cc1cc(C(O)C2=CCCO2)co1. The lowest BCUT2D eigenvalue weighted by Gasteiger charge is -2.09. The largest absolute Gasteiger partial charge is 0.495 e. The summed E-state index contributed by atoms with van der Waals surface area (Å²) in [4.78, 5) is 0. The molecule has 0 amide bonds. The Balaban J connectivity index is 2.16. The molecule has 0 aliphatic carbocycles. The topological polar surface area (TPSA) is 42.6 Å². The highest BCUT2D eigenvalue weighted by atomic mass is 16.5. The zero-order valence-corrected chi connectivity index (χ0v) is 7.49. The molecule has 1 aromatic heterocycles. The lowest BCUT2D eigenvalue weighted by atomic mass is 10.1. The minimum atomic E-state index is -0.667. The standard InChI is InChI=1S/C10H12O3/c1-7-5-8(6-13-7)10(11)9-3-2-4-12-9/h3,5-6,10-11H,2,4H2,1H3. The maximum Gasteiger partial charge on any atom is 0.139 e.